The third kappa shape index (κ3) is 9.14. The highest BCUT2D eigenvalue weighted by molar-refractivity contribution is 5.91. The van der Waals surface area contributed by atoms with E-state index in [1.807, 2.05) is 0 Å². The number of hydrogen-bond donors (Lipinski definition) is 0. The van der Waals surface area contributed by atoms with Crippen LogP contribution >= 0.6 is 0 Å². The lowest BCUT2D eigenvalue weighted by atomic mass is 9.91. The first-order valence-corrected chi connectivity index (χ1v) is 7.42. The molecule has 0 spiro atoms. The maximum absolute atomic E-state index is 11.7. The summed E-state index contributed by atoms with van der Waals surface area (Å²) in [5, 5.41) is 0. The minimum atomic E-state index is 0.251. The van der Waals surface area contributed by atoms with Crippen LogP contribution in [-0.4, -0.2) is 5.78 Å². The third-order valence-corrected chi connectivity index (χ3v) is 3.42. The summed E-state index contributed by atoms with van der Waals surface area (Å²) in [5.41, 5.74) is 0. The molecule has 0 aliphatic carbocycles. The highest BCUT2D eigenvalue weighted by Crippen LogP contribution is 2.19. The summed E-state index contributed by atoms with van der Waals surface area (Å²) in [5.74, 6) is 0.513. The molecular weight excluding hydrogens is 208 g/mol. The molecule has 0 atom stereocenters. The van der Waals surface area contributed by atoms with Gasteiger partial charge in [0.05, 0.1) is 0 Å². The molecule has 0 rings (SSSR count). The molecule has 0 saturated heterocycles. The van der Waals surface area contributed by atoms with Gasteiger partial charge in [-0.2, -0.15) is 0 Å². The first-order chi connectivity index (χ1) is 8.26. The van der Waals surface area contributed by atoms with Crippen LogP contribution in [0.3, 0.4) is 0 Å². The van der Waals surface area contributed by atoms with Gasteiger partial charge in [0, 0.05) is 5.92 Å². The van der Waals surface area contributed by atoms with Gasteiger partial charge < -0.3 is 0 Å². The van der Waals surface area contributed by atoms with Crippen molar-refractivity contribution in [3.05, 3.63) is 12.7 Å². The van der Waals surface area contributed by atoms with Crippen molar-refractivity contribution in [3.8, 4) is 0 Å². The van der Waals surface area contributed by atoms with Crippen LogP contribution in [0, 0.1) is 5.92 Å². The Morgan fingerprint density at radius 3 is 1.76 bits per heavy atom. The van der Waals surface area contributed by atoms with Gasteiger partial charge in [0.1, 0.15) is 0 Å². The van der Waals surface area contributed by atoms with Gasteiger partial charge >= 0.3 is 0 Å². The molecule has 1 nitrogen and oxygen atoms in total. The molecule has 0 saturated carbocycles. The molecular formula is C16H30O. The predicted octanol–water partition coefficient (Wildman–Crippen LogP) is 5.30. The number of carbonyl (C=O) groups is 1. The minimum absolute atomic E-state index is 0.251. The molecule has 0 fully saturated rings. The molecule has 0 bridgehead atoms. The maximum atomic E-state index is 11.7. The zero-order chi connectivity index (χ0) is 12.9. The van der Waals surface area contributed by atoms with Crippen LogP contribution in [0.25, 0.3) is 0 Å². The number of carbonyl (C=O) groups excluding carboxylic acids is 1. The van der Waals surface area contributed by atoms with Crippen molar-refractivity contribution in [2.45, 2.75) is 78.1 Å². The Kier molecular flexibility index (Phi) is 11.5. The Morgan fingerprint density at radius 1 is 0.941 bits per heavy atom. The monoisotopic (exact) mass is 238 g/mol. The number of rotatable bonds is 12. The highest BCUT2D eigenvalue weighted by Gasteiger charge is 2.14. The molecule has 0 unspecified atom stereocenters. The summed E-state index contributed by atoms with van der Waals surface area (Å²) in [6, 6.07) is 0. The maximum Gasteiger partial charge on any atom is 0.158 e. The fraction of sp³-hybridized carbons (Fsp3) is 0.812. The number of allylic oxidation sites excluding steroid dienone is 1. The molecule has 0 aliphatic rings. The molecule has 0 aliphatic heterocycles. The van der Waals surface area contributed by atoms with Crippen molar-refractivity contribution in [1.82, 2.24) is 0 Å². The van der Waals surface area contributed by atoms with Crippen LogP contribution in [0.1, 0.15) is 78.1 Å². The van der Waals surface area contributed by atoms with E-state index in [4.69, 9.17) is 0 Å². The van der Waals surface area contributed by atoms with E-state index in [-0.39, 0.29) is 11.7 Å². The Labute approximate surface area is 108 Å². The van der Waals surface area contributed by atoms with Crippen molar-refractivity contribution in [2.24, 2.45) is 5.92 Å². The first-order valence-electron chi connectivity index (χ1n) is 7.42. The average Bonchev–Trinajstić information content (AvgIpc) is 2.36. The summed E-state index contributed by atoms with van der Waals surface area (Å²) in [6.07, 6.45) is 13.7. The molecule has 100 valence electrons. The Hall–Kier alpha value is -0.590. The van der Waals surface area contributed by atoms with E-state index >= 15 is 0 Å². The molecule has 0 N–H and O–H groups in total. The van der Waals surface area contributed by atoms with Crippen molar-refractivity contribution in [2.75, 3.05) is 0 Å². The second kappa shape index (κ2) is 11.9. The Balaban J connectivity index is 3.80. The van der Waals surface area contributed by atoms with Gasteiger partial charge in [-0.1, -0.05) is 71.8 Å². The fourth-order valence-electron chi connectivity index (χ4n) is 2.23. The molecule has 1 heteroatoms. The minimum Gasteiger partial charge on any atom is -0.295 e. The van der Waals surface area contributed by atoms with Crippen molar-refractivity contribution < 1.29 is 4.79 Å². The quantitative estimate of drug-likeness (QED) is 0.333. The lowest BCUT2D eigenvalue weighted by molar-refractivity contribution is -0.118. The number of ketones is 1. The summed E-state index contributed by atoms with van der Waals surface area (Å²) >= 11 is 0. The molecule has 0 aromatic carbocycles. The van der Waals surface area contributed by atoms with Gasteiger partial charge in [-0.25, -0.2) is 0 Å². The summed E-state index contributed by atoms with van der Waals surface area (Å²) in [6.45, 7) is 8.06. The first kappa shape index (κ1) is 16.4. The second-order valence-electron chi connectivity index (χ2n) is 5.00. The van der Waals surface area contributed by atoms with Gasteiger partial charge in [0.15, 0.2) is 5.78 Å². The number of unbranched alkanes of at least 4 members (excludes halogenated alkanes) is 6. The predicted molar refractivity (Wildman–Crippen MR) is 76.2 cm³/mol. The van der Waals surface area contributed by atoms with Crippen LogP contribution in [0.5, 0.6) is 0 Å². The third-order valence-electron chi connectivity index (χ3n) is 3.42. The van der Waals surface area contributed by atoms with Gasteiger partial charge in [-0.3, -0.25) is 4.79 Å². The van der Waals surface area contributed by atoms with Crippen molar-refractivity contribution in [1.29, 1.82) is 0 Å². The summed E-state index contributed by atoms with van der Waals surface area (Å²) in [7, 11) is 0. The fourth-order valence-corrected chi connectivity index (χ4v) is 2.23. The van der Waals surface area contributed by atoms with E-state index in [0.717, 1.165) is 12.8 Å². The SMILES string of the molecule is C=CC(=O)C(CCCCCC)CCCCCC. The van der Waals surface area contributed by atoms with Gasteiger partial charge in [0.25, 0.3) is 0 Å². The molecule has 0 amide bonds. The smallest absolute Gasteiger partial charge is 0.158 e. The van der Waals surface area contributed by atoms with Crippen molar-refractivity contribution >= 4 is 5.78 Å². The summed E-state index contributed by atoms with van der Waals surface area (Å²) < 4.78 is 0. The van der Waals surface area contributed by atoms with Crippen LogP contribution in [0.4, 0.5) is 0 Å². The van der Waals surface area contributed by atoms with Crippen molar-refractivity contribution in [3.63, 3.8) is 0 Å². The summed E-state index contributed by atoms with van der Waals surface area (Å²) in [4.78, 5) is 11.7. The molecule has 0 aromatic rings. The lowest BCUT2D eigenvalue weighted by Crippen LogP contribution is -2.12. The Morgan fingerprint density at radius 2 is 1.41 bits per heavy atom. The van der Waals surface area contributed by atoms with E-state index in [1.165, 1.54) is 57.4 Å². The molecule has 0 radical (unpaired) electrons. The molecule has 17 heavy (non-hydrogen) atoms. The van der Waals surface area contributed by atoms with Gasteiger partial charge in [0.2, 0.25) is 0 Å². The molecule has 0 aromatic heterocycles. The van der Waals surface area contributed by atoms with Crippen LogP contribution < -0.4 is 0 Å². The van der Waals surface area contributed by atoms with Crippen LogP contribution in [0.15, 0.2) is 12.7 Å². The standard InChI is InChI=1S/C16H30O/c1-4-7-9-11-13-15(16(17)6-3)14-12-10-8-5-2/h6,15H,3-5,7-14H2,1-2H3. The highest BCUT2D eigenvalue weighted by atomic mass is 16.1. The van der Waals surface area contributed by atoms with Crippen LogP contribution in [0.2, 0.25) is 0 Å². The second-order valence-corrected chi connectivity index (χ2v) is 5.00. The Bertz CT molecular complexity index is 184. The van der Waals surface area contributed by atoms with Gasteiger partial charge in [-0.05, 0) is 18.9 Å². The van der Waals surface area contributed by atoms with E-state index in [9.17, 15) is 4.79 Å². The zero-order valence-electron chi connectivity index (χ0n) is 11.8. The van der Waals surface area contributed by atoms with E-state index in [0.29, 0.717) is 0 Å². The zero-order valence-corrected chi connectivity index (χ0v) is 11.8. The number of hydrogen-bond acceptors (Lipinski definition) is 1. The van der Waals surface area contributed by atoms with E-state index < -0.39 is 0 Å². The van der Waals surface area contributed by atoms with E-state index in [2.05, 4.69) is 20.4 Å². The van der Waals surface area contributed by atoms with Crippen LogP contribution in [-0.2, 0) is 4.79 Å². The topological polar surface area (TPSA) is 17.1 Å². The van der Waals surface area contributed by atoms with Gasteiger partial charge in [-0.15, -0.1) is 0 Å². The van der Waals surface area contributed by atoms with E-state index in [1.54, 1.807) is 0 Å². The lowest BCUT2D eigenvalue weighted by Gasteiger charge is -2.13. The molecule has 0 heterocycles. The average molecular weight is 238 g/mol. The normalized spacial score (nSPS) is 10.8. The largest absolute Gasteiger partial charge is 0.295 e.